The number of aromatic amines is 1. The predicted octanol–water partition coefficient (Wildman–Crippen LogP) is 4.98. The van der Waals surface area contributed by atoms with Crippen LogP contribution in [0.1, 0.15) is 59.4 Å². The number of H-pyrrole nitrogens is 1. The second-order valence-electron chi connectivity index (χ2n) is 8.37. The average molecular weight is 551 g/mol. The standard InChI is InChI=1S/C16H19BrN6.C7H15NO2.C2H6/c17-15-16-20-14(22-7-2-1-3-8-22)9-13(23(16)21-15)19-11-12-5-4-6-18-10-12;1-4-10-7(9)6(8)5(2)3;1-2/h4-6,9-10,19,21H,1-3,7-8,11H2;5-6H,4,8H2,1-3H3;1-2H3. The number of ether oxygens (including phenoxy) is 1. The zero-order chi connectivity index (χ0) is 25.8. The number of hydrogen-bond acceptors (Lipinski definition) is 7. The quantitative estimate of drug-likeness (QED) is 0.356. The Labute approximate surface area is 216 Å². The molecule has 9 nitrogen and oxygen atoms in total. The molecule has 3 aromatic heterocycles. The summed E-state index contributed by atoms with van der Waals surface area (Å²) in [7, 11) is 0. The molecule has 0 amide bonds. The summed E-state index contributed by atoms with van der Waals surface area (Å²) in [4.78, 5) is 22.1. The van der Waals surface area contributed by atoms with Crippen molar-refractivity contribution in [3.05, 3.63) is 40.8 Å². The van der Waals surface area contributed by atoms with Gasteiger partial charge in [-0.25, -0.2) is 9.50 Å². The third kappa shape index (κ3) is 8.24. The van der Waals surface area contributed by atoms with Crippen molar-refractivity contribution >= 4 is 39.2 Å². The highest BCUT2D eigenvalue weighted by Gasteiger charge is 2.18. The van der Waals surface area contributed by atoms with Gasteiger partial charge in [0.2, 0.25) is 0 Å². The normalized spacial score (nSPS) is 14.0. The Kier molecular flexibility index (Phi) is 12.1. The molecule has 4 rings (SSSR count). The molecular weight excluding hydrogens is 510 g/mol. The van der Waals surface area contributed by atoms with E-state index in [2.05, 4.69) is 48.4 Å². The maximum atomic E-state index is 10.8. The molecule has 1 saturated heterocycles. The van der Waals surface area contributed by atoms with E-state index >= 15 is 0 Å². The van der Waals surface area contributed by atoms with Gasteiger partial charge in [0.1, 0.15) is 22.3 Å². The SMILES string of the molecule is Brc1[nH]n2c(NCc3cccnc3)cc(N3CCCCC3)nc12.CC.CCOC(=O)C(N)C(C)C. The van der Waals surface area contributed by atoms with Crippen molar-refractivity contribution in [1.29, 1.82) is 0 Å². The van der Waals surface area contributed by atoms with Crippen molar-refractivity contribution < 1.29 is 9.53 Å². The third-order valence-electron chi connectivity index (χ3n) is 5.50. The van der Waals surface area contributed by atoms with Crippen molar-refractivity contribution in [1.82, 2.24) is 19.6 Å². The van der Waals surface area contributed by atoms with E-state index in [1.54, 1.807) is 13.1 Å². The number of rotatable bonds is 7. The fourth-order valence-electron chi connectivity index (χ4n) is 3.47. The van der Waals surface area contributed by atoms with E-state index in [0.717, 1.165) is 47.1 Å². The fourth-order valence-corrected chi connectivity index (χ4v) is 3.91. The van der Waals surface area contributed by atoms with Crippen LogP contribution in [-0.2, 0) is 16.1 Å². The summed E-state index contributed by atoms with van der Waals surface area (Å²) in [5.41, 5.74) is 7.56. The number of pyridine rings is 1. The first-order valence-electron chi connectivity index (χ1n) is 12.5. The fraction of sp³-hybridized carbons (Fsp3) is 0.560. The van der Waals surface area contributed by atoms with Gasteiger partial charge < -0.3 is 20.7 Å². The number of fused-ring (bicyclic) bond motifs is 1. The van der Waals surface area contributed by atoms with E-state index < -0.39 is 6.04 Å². The Hall–Kier alpha value is -2.59. The molecule has 1 unspecified atom stereocenters. The van der Waals surface area contributed by atoms with E-state index in [4.69, 9.17) is 15.5 Å². The van der Waals surface area contributed by atoms with E-state index in [1.165, 1.54) is 19.3 Å². The molecule has 0 radical (unpaired) electrons. The van der Waals surface area contributed by atoms with Gasteiger partial charge in [0, 0.05) is 38.1 Å². The number of esters is 1. The van der Waals surface area contributed by atoms with Crippen molar-refractivity contribution in [3.63, 3.8) is 0 Å². The second-order valence-corrected chi connectivity index (χ2v) is 9.16. The molecule has 0 aliphatic carbocycles. The Balaban J connectivity index is 0.000000307. The summed E-state index contributed by atoms with van der Waals surface area (Å²) < 4.78 is 7.60. The molecule has 35 heavy (non-hydrogen) atoms. The number of nitrogens with two attached hydrogens (primary N) is 1. The molecule has 1 aliphatic rings. The lowest BCUT2D eigenvalue weighted by Crippen LogP contribution is -2.36. The highest BCUT2D eigenvalue weighted by atomic mass is 79.9. The maximum Gasteiger partial charge on any atom is 0.323 e. The summed E-state index contributed by atoms with van der Waals surface area (Å²) in [5.74, 6) is 1.90. The maximum absolute atomic E-state index is 10.8. The van der Waals surface area contributed by atoms with E-state index in [1.807, 2.05) is 44.5 Å². The van der Waals surface area contributed by atoms with Crippen LogP contribution in [0.4, 0.5) is 11.6 Å². The zero-order valence-electron chi connectivity index (χ0n) is 21.6. The molecule has 0 aromatic carbocycles. The van der Waals surface area contributed by atoms with Crippen molar-refractivity contribution in [2.75, 3.05) is 29.9 Å². The number of carbonyl (C=O) groups excluding carboxylic acids is 1. The lowest BCUT2D eigenvalue weighted by Gasteiger charge is -2.29. The van der Waals surface area contributed by atoms with Crippen LogP contribution in [0.15, 0.2) is 35.2 Å². The molecule has 4 N–H and O–H groups in total. The first-order chi connectivity index (χ1) is 16.9. The van der Waals surface area contributed by atoms with Crippen molar-refractivity contribution in [2.24, 2.45) is 11.7 Å². The molecule has 194 valence electrons. The number of aromatic nitrogens is 4. The van der Waals surface area contributed by atoms with Crippen LogP contribution in [0.5, 0.6) is 0 Å². The highest BCUT2D eigenvalue weighted by molar-refractivity contribution is 9.10. The molecule has 0 spiro atoms. The minimum atomic E-state index is -0.472. The topological polar surface area (TPSA) is 114 Å². The van der Waals surface area contributed by atoms with Crippen LogP contribution >= 0.6 is 15.9 Å². The first kappa shape index (κ1) is 28.6. The van der Waals surface area contributed by atoms with Crippen LogP contribution in [0, 0.1) is 5.92 Å². The Bertz CT molecular complexity index is 1010. The molecular formula is C25H40BrN7O2. The molecule has 10 heteroatoms. The number of nitrogens with zero attached hydrogens (tertiary/aromatic N) is 4. The smallest absolute Gasteiger partial charge is 0.323 e. The number of nitrogens with one attached hydrogen (secondary N) is 2. The van der Waals surface area contributed by atoms with Gasteiger partial charge in [0.15, 0.2) is 5.65 Å². The lowest BCUT2D eigenvalue weighted by atomic mass is 10.1. The summed E-state index contributed by atoms with van der Waals surface area (Å²) in [6.07, 6.45) is 7.48. The van der Waals surface area contributed by atoms with Crippen molar-refractivity contribution in [3.8, 4) is 0 Å². The Morgan fingerprint density at radius 2 is 2.00 bits per heavy atom. The first-order valence-corrected chi connectivity index (χ1v) is 13.3. The van der Waals surface area contributed by atoms with Gasteiger partial charge >= 0.3 is 5.97 Å². The summed E-state index contributed by atoms with van der Waals surface area (Å²) >= 11 is 3.51. The van der Waals surface area contributed by atoms with Gasteiger partial charge in [-0.05, 0) is 59.7 Å². The van der Waals surface area contributed by atoms with Crippen LogP contribution in [0.2, 0.25) is 0 Å². The van der Waals surface area contributed by atoms with Gasteiger partial charge in [-0.1, -0.05) is 33.8 Å². The van der Waals surface area contributed by atoms with Gasteiger partial charge in [-0.3, -0.25) is 14.9 Å². The Morgan fingerprint density at radius 1 is 1.29 bits per heavy atom. The Morgan fingerprint density at radius 3 is 2.57 bits per heavy atom. The monoisotopic (exact) mass is 549 g/mol. The molecule has 1 aliphatic heterocycles. The van der Waals surface area contributed by atoms with Gasteiger partial charge in [0.25, 0.3) is 0 Å². The van der Waals surface area contributed by atoms with Gasteiger partial charge in [-0.15, -0.1) is 0 Å². The lowest BCUT2D eigenvalue weighted by molar-refractivity contribution is -0.145. The van der Waals surface area contributed by atoms with Crippen molar-refractivity contribution in [2.45, 2.75) is 66.5 Å². The molecule has 4 heterocycles. The average Bonchev–Trinajstić information content (AvgIpc) is 2.89. The third-order valence-corrected chi connectivity index (χ3v) is 6.03. The van der Waals surface area contributed by atoms with Gasteiger partial charge in [0.05, 0.1) is 6.61 Å². The minimum Gasteiger partial charge on any atom is -0.465 e. The largest absolute Gasteiger partial charge is 0.465 e. The predicted molar refractivity (Wildman–Crippen MR) is 146 cm³/mol. The van der Waals surface area contributed by atoms with Crippen LogP contribution in [0.25, 0.3) is 5.65 Å². The van der Waals surface area contributed by atoms with E-state index in [9.17, 15) is 4.79 Å². The number of piperidine rings is 1. The molecule has 1 atom stereocenters. The summed E-state index contributed by atoms with van der Waals surface area (Å²) in [6.45, 7) is 12.9. The summed E-state index contributed by atoms with van der Waals surface area (Å²) in [6, 6.07) is 5.67. The van der Waals surface area contributed by atoms with Crippen LogP contribution < -0.4 is 16.0 Å². The number of halogens is 1. The van der Waals surface area contributed by atoms with Crippen LogP contribution in [0.3, 0.4) is 0 Å². The number of carbonyl (C=O) groups is 1. The van der Waals surface area contributed by atoms with Gasteiger partial charge in [-0.2, -0.15) is 0 Å². The molecule has 0 bridgehead atoms. The molecule has 1 fully saturated rings. The molecule has 0 saturated carbocycles. The second kappa shape index (κ2) is 14.7. The number of anilines is 2. The minimum absolute atomic E-state index is 0.152. The molecule has 3 aromatic rings. The zero-order valence-corrected chi connectivity index (χ0v) is 23.1. The number of hydrogen-bond donors (Lipinski definition) is 3. The van der Waals surface area contributed by atoms with E-state index in [0.29, 0.717) is 6.61 Å². The van der Waals surface area contributed by atoms with Crippen LogP contribution in [-0.4, -0.2) is 51.3 Å². The van der Waals surface area contributed by atoms with E-state index in [-0.39, 0.29) is 11.9 Å². The highest BCUT2D eigenvalue weighted by Crippen LogP contribution is 2.27. The summed E-state index contributed by atoms with van der Waals surface area (Å²) in [5, 5.41) is 6.69.